The lowest BCUT2D eigenvalue weighted by Gasteiger charge is -2.27. The van der Waals surface area contributed by atoms with Crippen LogP contribution in [-0.2, 0) is 14.3 Å². The van der Waals surface area contributed by atoms with Crippen molar-refractivity contribution in [3.05, 3.63) is 0 Å². The van der Waals surface area contributed by atoms with Gasteiger partial charge in [-0.3, -0.25) is 9.59 Å². The Morgan fingerprint density at radius 3 is 1.71 bits per heavy atom. The Balaban J connectivity index is 2.31. The summed E-state index contributed by atoms with van der Waals surface area (Å²) >= 11 is 0. The maximum absolute atomic E-state index is 12.8. The molecule has 0 bridgehead atoms. The molecule has 0 radical (unpaired) electrons. The van der Waals surface area contributed by atoms with E-state index < -0.39 is 5.97 Å². The Hall–Kier alpha value is -1.06. The fourth-order valence-corrected chi connectivity index (χ4v) is 5.29. The van der Waals surface area contributed by atoms with Crippen LogP contribution >= 0.6 is 0 Å². The van der Waals surface area contributed by atoms with Crippen LogP contribution in [0, 0.1) is 17.8 Å². The molecule has 200 valence electrons. The highest BCUT2D eigenvalue weighted by molar-refractivity contribution is 5.75. The first-order valence-electron chi connectivity index (χ1n) is 14.9. The maximum atomic E-state index is 12.8. The molecule has 0 heterocycles. The summed E-state index contributed by atoms with van der Waals surface area (Å²) in [5.41, 5.74) is 0. The summed E-state index contributed by atoms with van der Waals surface area (Å²) in [6.07, 6.45) is 23.9. The zero-order valence-corrected chi connectivity index (χ0v) is 22.8. The van der Waals surface area contributed by atoms with Gasteiger partial charge in [-0.25, -0.2) is 0 Å². The number of aliphatic carboxylic acids is 1. The first-order chi connectivity index (χ1) is 16.4. The number of carboxylic acids is 1. The summed E-state index contributed by atoms with van der Waals surface area (Å²) < 4.78 is 6.01. The van der Waals surface area contributed by atoms with E-state index in [9.17, 15) is 14.7 Å². The van der Waals surface area contributed by atoms with Crippen LogP contribution in [0.4, 0.5) is 0 Å². The Morgan fingerprint density at radius 2 is 1.21 bits per heavy atom. The molecule has 1 saturated carbocycles. The summed E-state index contributed by atoms with van der Waals surface area (Å²) in [5, 5.41) is 9.34. The average Bonchev–Trinajstić information content (AvgIpc) is 2.82. The molecule has 4 nitrogen and oxygen atoms in total. The molecule has 0 spiro atoms. The van der Waals surface area contributed by atoms with Gasteiger partial charge in [0.25, 0.3) is 0 Å². The SMILES string of the molecule is CCCCCCCCC(CCCCCCCCCCC(C)C)OC(=O)C1CCCC(C(=O)O)C1. The lowest BCUT2D eigenvalue weighted by Crippen LogP contribution is -2.31. The molecule has 0 aromatic carbocycles. The molecule has 1 rings (SSSR count). The first-order valence-corrected chi connectivity index (χ1v) is 14.9. The number of carbonyl (C=O) groups excluding carboxylic acids is 1. The Bertz CT molecular complexity index is 516. The number of hydrogen-bond donors (Lipinski definition) is 1. The number of ether oxygens (including phenoxy) is 1. The first kappa shape index (κ1) is 31.0. The van der Waals surface area contributed by atoms with Crippen LogP contribution in [0.2, 0.25) is 0 Å². The predicted molar refractivity (Wildman–Crippen MR) is 142 cm³/mol. The van der Waals surface area contributed by atoms with E-state index in [0.29, 0.717) is 12.8 Å². The molecule has 3 unspecified atom stereocenters. The summed E-state index contributed by atoms with van der Waals surface area (Å²) in [7, 11) is 0. The Labute approximate surface area is 211 Å². The van der Waals surface area contributed by atoms with Crippen LogP contribution in [0.15, 0.2) is 0 Å². The van der Waals surface area contributed by atoms with Gasteiger partial charge in [-0.1, -0.05) is 111 Å². The highest BCUT2D eigenvalue weighted by Gasteiger charge is 2.32. The van der Waals surface area contributed by atoms with Crippen molar-refractivity contribution in [3.63, 3.8) is 0 Å². The molecule has 0 amide bonds. The smallest absolute Gasteiger partial charge is 0.309 e. The molecule has 1 aliphatic rings. The van der Waals surface area contributed by atoms with Gasteiger partial charge in [0.05, 0.1) is 11.8 Å². The van der Waals surface area contributed by atoms with Gasteiger partial charge in [-0.05, 0) is 50.9 Å². The summed E-state index contributed by atoms with van der Waals surface area (Å²) in [6.45, 7) is 6.85. The Kier molecular flexibility index (Phi) is 18.4. The van der Waals surface area contributed by atoms with E-state index >= 15 is 0 Å². The van der Waals surface area contributed by atoms with Crippen LogP contribution in [0.3, 0.4) is 0 Å². The fraction of sp³-hybridized carbons (Fsp3) is 0.933. The molecular weight excluding hydrogens is 424 g/mol. The summed E-state index contributed by atoms with van der Waals surface area (Å²) in [6, 6.07) is 0. The third kappa shape index (κ3) is 15.8. The third-order valence-electron chi connectivity index (χ3n) is 7.58. The van der Waals surface area contributed by atoms with Crippen LogP contribution in [-0.4, -0.2) is 23.1 Å². The topological polar surface area (TPSA) is 63.6 Å². The summed E-state index contributed by atoms with van der Waals surface area (Å²) in [4.78, 5) is 24.2. The van der Waals surface area contributed by atoms with Crippen LogP contribution in [0.1, 0.15) is 156 Å². The van der Waals surface area contributed by atoms with Crippen molar-refractivity contribution < 1.29 is 19.4 Å². The molecule has 1 fully saturated rings. The molecule has 0 aliphatic heterocycles. The van der Waals surface area contributed by atoms with E-state index in [0.717, 1.165) is 44.4 Å². The van der Waals surface area contributed by atoms with Crippen LogP contribution < -0.4 is 0 Å². The van der Waals surface area contributed by atoms with E-state index in [4.69, 9.17) is 4.74 Å². The van der Waals surface area contributed by atoms with E-state index in [1.165, 1.54) is 83.5 Å². The molecule has 1 aliphatic carbocycles. The second-order valence-corrected chi connectivity index (χ2v) is 11.3. The van der Waals surface area contributed by atoms with Gasteiger partial charge in [-0.15, -0.1) is 0 Å². The van der Waals surface area contributed by atoms with Gasteiger partial charge in [0.1, 0.15) is 6.10 Å². The van der Waals surface area contributed by atoms with Crippen LogP contribution in [0.25, 0.3) is 0 Å². The number of carboxylic acid groups (broad SMARTS) is 1. The van der Waals surface area contributed by atoms with Gasteiger partial charge in [-0.2, -0.15) is 0 Å². The molecule has 0 aromatic heterocycles. The second kappa shape index (κ2) is 20.2. The molecule has 4 heteroatoms. The van der Waals surface area contributed by atoms with Gasteiger partial charge in [0, 0.05) is 0 Å². The molecule has 3 atom stereocenters. The highest BCUT2D eigenvalue weighted by Crippen LogP contribution is 2.31. The zero-order chi connectivity index (χ0) is 25.0. The molecule has 34 heavy (non-hydrogen) atoms. The van der Waals surface area contributed by atoms with Crippen molar-refractivity contribution in [2.75, 3.05) is 0 Å². The molecule has 0 saturated heterocycles. The standard InChI is InChI=1S/C30H56O4/c1-4-5-6-7-13-16-22-28(23-17-14-11-9-8-10-12-15-19-25(2)3)34-30(33)27-21-18-20-26(24-27)29(31)32/h25-28H,4-24H2,1-3H3,(H,31,32). The lowest BCUT2D eigenvalue weighted by atomic mass is 9.81. The molecule has 0 aromatic rings. The monoisotopic (exact) mass is 480 g/mol. The van der Waals surface area contributed by atoms with Gasteiger partial charge >= 0.3 is 11.9 Å². The Morgan fingerprint density at radius 1 is 0.735 bits per heavy atom. The third-order valence-corrected chi connectivity index (χ3v) is 7.58. The number of rotatable bonds is 21. The average molecular weight is 481 g/mol. The fourth-order valence-electron chi connectivity index (χ4n) is 5.29. The van der Waals surface area contributed by atoms with Crippen molar-refractivity contribution in [1.29, 1.82) is 0 Å². The molecular formula is C30H56O4. The lowest BCUT2D eigenvalue weighted by molar-refractivity contribution is -0.158. The highest BCUT2D eigenvalue weighted by atomic mass is 16.5. The van der Waals surface area contributed by atoms with E-state index in [1.807, 2.05) is 0 Å². The normalized spacial score (nSPS) is 19.3. The molecule has 1 N–H and O–H groups in total. The van der Waals surface area contributed by atoms with Crippen LogP contribution in [0.5, 0.6) is 0 Å². The minimum atomic E-state index is -0.763. The quantitative estimate of drug-likeness (QED) is 0.131. The number of esters is 1. The van der Waals surface area contributed by atoms with Crippen molar-refractivity contribution in [3.8, 4) is 0 Å². The summed E-state index contributed by atoms with van der Waals surface area (Å²) in [5.74, 6) is -0.675. The second-order valence-electron chi connectivity index (χ2n) is 11.3. The number of carbonyl (C=O) groups is 2. The minimum absolute atomic E-state index is 0.0138. The van der Waals surface area contributed by atoms with Crippen molar-refractivity contribution >= 4 is 11.9 Å². The van der Waals surface area contributed by atoms with Crippen molar-refractivity contribution in [2.24, 2.45) is 17.8 Å². The van der Waals surface area contributed by atoms with E-state index in [2.05, 4.69) is 20.8 Å². The predicted octanol–water partition coefficient (Wildman–Crippen LogP) is 9.10. The van der Waals surface area contributed by atoms with Crippen molar-refractivity contribution in [1.82, 2.24) is 0 Å². The van der Waals surface area contributed by atoms with Crippen molar-refractivity contribution in [2.45, 2.75) is 162 Å². The van der Waals surface area contributed by atoms with Gasteiger partial charge in [0.15, 0.2) is 0 Å². The van der Waals surface area contributed by atoms with E-state index in [1.54, 1.807) is 0 Å². The minimum Gasteiger partial charge on any atom is -0.481 e. The van der Waals surface area contributed by atoms with Gasteiger partial charge < -0.3 is 9.84 Å². The number of unbranched alkanes of at least 4 members (excludes halogenated alkanes) is 12. The largest absolute Gasteiger partial charge is 0.481 e. The number of hydrogen-bond acceptors (Lipinski definition) is 3. The maximum Gasteiger partial charge on any atom is 0.309 e. The van der Waals surface area contributed by atoms with E-state index in [-0.39, 0.29) is 23.9 Å². The zero-order valence-electron chi connectivity index (χ0n) is 22.8. The van der Waals surface area contributed by atoms with Gasteiger partial charge in [0.2, 0.25) is 0 Å².